The number of alkyl halides is 3. The van der Waals surface area contributed by atoms with Gasteiger partial charge in [0.25, 0.3) is 0 Å². The van der Waals surface area contributed by atoms with Gasteiger partial charge in [0.05, 0.1) is 0 Å². The van der Waals surface area contributed by atoms with E-state index in [1.165, 1.54) is 11.6 Å². The standard InChI is InChI=1S/C13H15F3N2/c1-8-4-5-11-9(6-8)10(7-17-2)12(18(11)3)13(14,15)16/h4-6,17H,7H2,1-3H3. The summed E-state index contributed by atoms with van der Waals surface area (Å²) in [6.07, 6.45) is -4.34. The van der Waals surface area contributed by atoms with E-state index in [0.29, 0.717) is 16.5 Å². The molecule has 0 spiro atoms. The topological polar surface area (TPSA) is 17.0 Å². The summed E-state index contributed by atoms with van der Waals surface area (Å²) >= 11 is 0. The Morgan fingerprint density at radius 1 is 1.28 bits per heavy atom. The van der Waals surface area contributed by atoms with Crippen LogP contribution < -0.4 is 5.32 Å². The largest absolute Gasteiger partial charge is 0.431 e. The second-order valence-corrected chi connectivity index (χ2v) is 4.43. The predicted molar refractivity (Wildman–Crippen MR) is 65.4 cm³/mol. The van der Waals surface area contributed by atoms with E-state index < -0.39 is 11.9 Å². The molecule has 18 heavy (non-hydrogen) atoms. The molecule has 2 nitrogen and oxygen atoms in total. The van der Waals surface area contributed by atoms with Crippen LogP contribution in [-0.4, -0.2) is 11.6 Å². The van der Waals surface area contributed by atoms with Gasteiger partial charge in [-0.3, -0.25) is 0 Å². The van der Waals surface area contributed by atoms with Crippen molar-refractivity contribution in [2.24, 2.45) is 7.05 Å². The molecule has 0 aliphatic heterocycles. The molecule has 1 aromatic carbocycles. The highest BCUT2D eigenvalue weighted by atomic mass is 19.4. The number of hydrogen-bond acceptors (Lipinski definition) is 1. The van der Waals surface area contributed by atoms with Crippen LogP contribution in [0.25, 0.3) is 10.9 Å². The third-order valence-electron chi connectivity index (χ3n) is 3.08. The van der Waals surface area contributed by atoms with Crippen molar-refractivity contribution in [3.63, 3.8) is 0 Å². The Kier molecular flexibility index (Phi) is 3.11. The zero-order chi connectivity index (χ0) is 13.5. The summed E-state index contributed by atoms with van der Waals surface area (Å²) in [6.45, 7) is 2.08. The van der Waals surface area contributed by atoms with Crippen LogP contribution in [0, 0.1) is 6.92 Å². The highest BCUT2D eigenvalue weighted by Crippen LogP contribution is 2.37. The molecule has 1 N–H and O–H groups in total. The van der Waals surface area contributed by atoms with Crippen LogP contribution in [-0.2, 0) is 19.8 Å². The maximum absolute atomic E-state index is 13.1. The monoisotopic (exact) mass is 256 g/mol. The van der Waals surface area contributed by atoms with Crippen LogP contribution in [0.2, 0.25) is 0 Å². The molecule has 0 aliphatic carbocycles. The normalized spacial score (nSPS) is 12.3. The van der Waals surface area contributed by atoms with Gasteiger partial charge < -0.3 is 9.88 Å². The fourth-order valence-electron chi connectivity index (χ4n) is 2.35. The second-order valence-electron chi connectivity index (χ2n) is 4.43. The maximum atomic E-state index is 13.1. The summed E-state index contributed by atoms with van der Waals surface area (Å²) in [7, 11) is 3.11. The van der Waals surface area contributed by atoms with E-state index in [2.05, 4.69) is 5.32 Å². The van der Waals surface area contributed by atoms with E-state index in [0.717, 1.165) is 5.56 Å². The fraction of sp³-hybridized carbons (Fsp3) is 0.385. The molecule has 1 heterocycles. The summed E-state index contributed by atoms with van der Waals surface area (Å²) in [6, 6.07) is 5.36. The van der Waals surface area contributed by atoms with Crippen molar-refractivity contribution in [2.75, 3.05) is 7.05 Å². The Balaban J connectivity index is 2.83. The Bertz CT molecular complexity index is 582. The van der Waals surface area contributed by atoms with Gasteiger partial charge in [0.15, 0.2) is 0 Å². The Labute approximate surface area is 103 Å². The molecule has 2 rings (SSSR count). The Hall–Kier alpha value is -1.49. The highest BCUT2D eigenvalue weighted by Gasteiger charge is 2.37. The van der Waals surface area contributed by atoms with Crippen molar-refractivity contribution in [3.8, 4) is 0 Å². The number of halogens is 3. The summed E-state index contributed by atoms with van der Waals surface area (Å²) < 4.78 is 40.6. The molecule has 5 heteroatoms. The van der Waals surface area contributed by atoms with Gasteiger partial charge in [0, 0.05) is 30.1 Å². The molecule has 0 unspecified atom stereocenters. The summed E-state index contributed by atoms with van der Waals surface area (Å²) in [5, 5.41) is 3.47. The van der Waals surface area contributed by atoms with E-state index in [9.17, 15) is 13.2 Å². The van der Waals surface area contributed by atoms with Crippen LogP contribution >= 0.6 is 0 Å². The van der Waals surface area contributed by atoms with Gasteiger partial charge in [-0.15, -0.1) is 0 Å². The molecule has 0 aliphatic rings. The molecule has 0 atom stereocenters. The van der Waals surface area contributed by atoms with Gasteiger partial charge in [-0.05, 0) is 26.1 Å². The van der Waals surface area contributed by atoms with E-state index in [-0.39, 0.29) is 6.54 Å². The lowest BCUT2D eigenvalue weighted by Crippen LogP contribution is -2.16. The van der Waals surface area contributed by atoms with Crippen molar-refractivity contribution in [3.05, 3.63) is 35.0 Å². The first-order valence-electron chi connectivity index (χ1n) is 5.66. The smallest absolute Gasteiger partial charge is 0.340 e. The molecule has 1 aromatic heterocycles. The highest BCUT2D eigenvalue weighted by molar-refractivity contribution is 5.86. The first kappa shape index (κ1) is 13.0. The number of rotatable bonds is 2. The molecule has 0 bridgehead atoms. The predicted octanol–water partition coefficient (Wildman–Crippen LogP) is 3.22. The minimum absolute atomic E-state index is 0.204. The number of nitrogens with one attached hydrogen (secondary N) is 1. The van der Waals surface area contributed by atoms with Gasteiger partial charge in [0.1, 0.15) is 5.69 Å². The average Bonchev–Trinajstić information content (AvgIpc) is 2.52. The van der Waals surface area contributed by atoms with Gasteiger partial charge in [-0.2, -0.15) is 13.2 Å². The second kappa shape index (κ2) is 4.31. The lowest BCUT2D eigenvalue weighted by atomic mass is 10.1. The molecule has 0 amide bonds. The molecule has 0 fully saturated rings. The van der Waals surface area contributed by atoms with Gasteiger partial charge in [-0.1, -0.05) is 11.6 Å². The lowest BCUT2D eigenvalue weighted by Gasteiger charge is -2.11. The minimum atomic E-state index is -4.34. The summed E-state index contributed by atoms with van der Waals surface area (Å²) in [4.78, 5) is 0. The first-order chi connectivity index (χ1) is 8.36. The van der Waals surface area contributed by atoms with Crippen molar-refractivity contribution in [1.29, 1.82) is 0 Å². The zero-order valence-corrected chi connectivity index (χ0v) is 10.5. The van der Waals surface area contributed by atoms with Crippen molar-refractivity contribution < 1.29 is 13.2 Å². The van der Waals surface area contributed by atoms with E-state index >= 15 is 0 Å². The fourth-order valence-corrected chi connectivity index (χ4v) is 2.35. The molecule has 98 valence electrons. The van der Waals surface area contributed by atoms with E-state index in [1.807, 2.05) is 13.0 Å². The quantitative estimate of drug-likeness (QED) is 0.873. The van der Waals surface area contributed by atoms with E-state index in [1.54, 1.807) is 19.2 Å². The summed E-state index contributed by atoms with van der Waals surface area (Å²) in [5.74, 6) is 0. The lowest BCUT2D eigenvalue weighted by molar-refractivity contribution is -0.143. The maximum Gasteiger partial charge on any atom is 0.431 e. The Morgan fingerprint density at radius 3 is 2.50 bits per heavy atom. The number of benzene rings is 1. The zero-order valence-electron chi connectivity index (χ0n) is 10.5. The van der Waals surface area contributed by atoms with Crippen LogP contribution in [0.1, 0.15) is 16.8 Å². The molecule has 0 saturated heterocycles. The van der Waals surface area contributed by atoms with Gasteiger partial charge >= 0.3 is 6.18 Å². The van der Waals surface area contributed by atoms with Crippen LogP contribution in [0.15, 0.2) is 18.2 Å². The number of aryl methyl sites for hydroxylation is 2. The van der Waals surface area contributed by atoms with Crippen molar-refractivity contribution in [1.82, 2.24) is 9.88 Å². The van der Waals surface area contributed by atoms with Crippen LogP contribution in [0.4, 0.5) is 13.2 Å². The third-order valence-corrected chi connectivity index (χ3v) is 3.08. The number of aromatic nitrogens is 1. The average molecular weight is 256 g/mol. The molecular weight excluding hydrogens is 241 g/mol. The van der Waals surface area contributed by atoms with E-state index in [4.69, 9.17) is 0 Å². The van der Waals surface area contributed by atoms with Gasteiger partial charge in [-0.25, -0.2) is 0 Å². The first-order valence-corrected chi connectivity index (χ1v) is 5.66. The molecular formula is C13H15F3N2. The minimum Gasteiger partial charge on any atom is -0.340 e. The Morgan fingerprint density at radius 2 is 1.94 bits per heavy atom. The molecule has 0 saturated carbocycles. The number of nitrogens with zero attached hydrogens (tertiary/aromatic N) is 1. The SMILES string of the molecule is CNCc1c(C(F)(F)F)n(C)c2ccc(C)cc12. The summed E-state index contributed by atoms with van der Waals surface area (Å²) in [5.41, 5.74) is 1.31. The number of hydrogen-bond donors (Lipinski definition) is 1. The van der Waals surface area contributed by atoms with Crippen LogP contribution in [0.5, 0.6) is 0 Å². The number of fused-ring (bicyclic) bond motifs is 1. The molecule has 2 aromatic rings. The van der Waals surface area contributed by atoms with Crippen molar-refractivity contribution in [2.45, 2.75) is 19.6 Å². The van der Waals surface area contributed by atoms with Crippen molar-refractivity contribution >= 4 is 10.9 Å². The van der Waals surface area contributed by atoms with Crippen LogP contribution in [0.3, 0.4) is 0 Å². The molecule has 0 radical (unpaired) electrons. The third kappa shape index (κ3) is 1.99. The van der Waals surface area contributed by atoms with Gasteiger partial charge in [0.2, 0.25) is 0 Å².